The predicted molar refractivity (Wildman–Crippen MR) is 79.8 cm³/mol. The van der Waals surface area contributed by atoms with Gasteiger partial charge in [0.15, 0.2) is 0 Å². The molecule has 0 aromatic heterocycles. The van der Waals surface area contributed by atoms with Crippen molar-refractivity contribution in [1.29, 1.82) is 0 Å². The second-order valence-electron chi connectivity index (χ2n) is 5.79. The van der Waals surface area contributed by atoms with E-state index in [1.165, 1.54) is 25.2 Å². The fourth-order valence-corrected chi connectivity index (χ4v) is 3.83. The number of hydrogen-bond donors (Lipinski definition) is 2. The van der Waals surface area contributed by atoms with Gasteiger partial charge in [0.2, 0.25) is 10.0 Å². The van der Waals surface area contributed by atoms with E-state index in [2.05, 4.69) is 10.0 Å². The molecule has 1 aliphatic rings. The smallest absolute Gasteiger partial charge is 0.292 e. The van der Waals surface area contributed by atoms with Crippen LogP contribution in [0.3, 0.4) is 0 Å². The maximum Gasteiger partial charge on any atom is 0.292 e. The van der Waals surface area contributed by atoms with E-state index in [1.807, 2.05) is 13.8 Å². The quantitative estimate of drug-likeness (QED) is 0.618. The lowest BCUT2D eigenvalue weighted by Crippen LogP contribution is -2.45. The Morgan fingerprint density at radius 1 is 1.33 bits per heavy atom. The Morgan fingerprint density at radius 3 is 2.43 bits per heavy atom. The molecular weight excluding hydrogens is 294 g/mol. The van der Waals surface area contributed by atoms with E-state index in [9.17, 15) is 18.5 Å². The van der Waals surface area contributed by atoms with Crippen LogP contribution in [0.5, 0.6) is 0 Å². The predicted octanol–water partition coefficient (Wildman–Crippen LogP) is 2.10. The first kappa shape index (κ1) is 15.7. The van der Waals surface area contributed by atoms with Gasteiger partial charge in [-0.05, 0) is 44.7 Å². The molecule has 1 aromatic rings. The first-order valence-electron chi connectivity index (χ1n) is 6.67. The molecule has 0 radical (unpaired) electrons. The summed E-state index contributed by atoms with van der Waals surface area (Å²) < 4.78 is 27.5. The Labute approximate surface area is 123 Å². The maximum atomic E-state index is 12.4. The number of nitro groups is 1. The van der Waals surface area contributed by atoms with E-state index in [0.717, 1.165) is 12.8 Å². The summed E-state index contributed by atoms with van der Waals surface area (Å²) in [5.41, 5.74) is -0.495. The lowest BCUT2D eigenvalue weighted by Gasteiger charge is -2.25. The van der Waals surface area contributed by atoms with Crippen LogP contribution < -0.4 is 10.0 Å². The van der Waals surface area contributed by atoms with Gasteiger partial charge in [0.1, 0.15) is 5.69 Å². The van der Waals surface area contributed by atoms with Crippen molar-refractivity contribution in [1.82, 2.24) is 4.72 Å². The van der Waals surface area contributed by atoms with Crippen molar-refractivity contribution < 1.29 is 13.3 Å². The monoisotopic (exact) mass is 313 g/mol. The topological polar surface area (TPSA) is 101 Å². The molecule has 0 unspecified atom stereocenters. The van der Waals surface area contributed by atoms with Crippen LogP contribution >= 0.6 is 0 Å². The second kappa shape index (κ2) is 5.27. The normalized spacial score (nSPS) is 15.8. The number of nitrogens with zero attached hydrogens (tertiary/aromatic N) is 1. The molecule has 8 heteroatoms. The largest absolute Gasteiger partial charge is 0.383 e. The van der Waals surface area contributed by atoms with Gasteiger partial charge >= 0.3 is 0 Å². The molecule has 0 bridgehead atoms. The third-order valence-corrected chi connectivity index (χ3v) is 5.41. The third-order valence-electron chi connectivity index (χ3n) is 3.74. The van der Waals surface area contributed by atoms with Crippen molar-refractivity contribution in [2.45, 2.75) is 37.1 Å². The summed E-state index contributed by atoms with van der Waals surface area (Å²) in [6.07, 6.45) is 2.02. The molecule has 2 N–H and O–H groups in total. The summed E-state index contributed by atoms with van der Waals surface area (Å²) in [7, 11) is -2.20. The highest BCUT2D eigenvalue weighted by molar-refractivity contribution is 7.89. The highest BCUT2D eigenvalue weighted by Crippen LogP contribution is 2.40. The van der Waals surface area contributed by atoms with Gasteiger partial charge in [0.25, 0.3) is 5.69 Å². The zero-order valence-corrected chi connectivity index (χ0v) is 13.0. The van der Waals surface area contributed by atoms with Crippen LogP contribution in [-0.2, 0) is 10.0 Å². The summed E-state index contributed by atoms with van der Waals surface area (Å²) in [5.74, 6) is 0.342. The van der Waals surface area contributed by atoms with E-state index >= 15 is 0 Å². The van der Waals surface area contributed by atoms with Crippen LogP contribution in [0.15, 0.2) is 23.1 Å². The maximum absolute atomic E-state index is 12.4. The number of sulfonamides is 1. The molecule has 116 valence electrons. The third kappa shape index (κ3) is 3.33. The van der Waals surface area contributed by atoms with Gasteiger partial charge < -0.3 is 5.32 Å². The summed E-state index contributed by atoms with van der Waals surface area (Å²) in [4.78, 5) is 10.3. The van der Waals surface area contributed by atoms with Gasteiger partial charge in [-0.1, -0.05) is 0 Å². The first-order valence-corrected chi connectivity index (χ1v) is 8.16. The SMILES string of the molecule is CNc1cc(S(=O)(=O)NC(C)(C)C2CC2)ccc1[N+](=O)[O-]. The molecule has 0 spiro atoms. The molecular formula is C13H19N3O4S. The van der Waals surface area contributed by atoms with Crippen molar-refractivity contribution in [3.05, 3.63) is 28.3 Å². The number of hydrogen-bond acceptors (Lipinski definition) is 5. The van der Waals surface area contributed by atoms with Gasteiger partial charge in [-0.15, -0.1) is 0 Å². The minimum Gasteiger partial charge on any atom is -0.383 e. The number of anilines is 1. The minimum atomic E-state index is -3.71. The molecule has 1 fully saturated rings. The lowest BCUT2D eigenvalue weighted by atomic mass is 10.0. The Kier molecular flexibility index (Phi) is 3.94. The zero-order chi connectivity index (χ0) is 15.8. The average molecular weight is 313 g/mol. The number of rotatable bonds is 6. The van der Waals surface area contributed by atoms with E-state index in [0.29, 0.717) is 5.92 Å². The van der Waals surface area contributed by atoms with Crippen molar-refractivity contribution in [2.75, 3.05) is 12.4 Å². The minimum absolute atomic E-state index is 0.0196. The summed E-state index contributed by atoms with van der Waals surface area (Å²) >= 11 is 0. The van der Waals surface area contributed by atoms with E-state index in [4.69, 9.17) is 0 Å². The van der Waals surface area contributed by atoms with Gasteiger partial charge in [-0.2, -0.15) is 0 Å². The molecule has 1 aliphatic carbocycles. The van der Waals surface area contributed by atoms with E-state index in [1.54, 1.807) is 0 Å². The van der Waals surface area contributed by atoms with Crippen molar-refractivity contribution in [3.63, 3.8) is 0 Å². The molecule has 0 amide bonds. The fourth-order valence-electron chi connectivity index (χ4n) is 2.34. The zero-order valence-electron chi connectivity index (χ0n) is 12.2. The summed E-state index contributed by atoms with van der Waals surface area (Å²) in [6.45, 7) is 3.71. The number of nitrogens with one attached hydrogen (secondary N) is 2. The van der Waals surface area contributed by atoms with Crippen molar-refractivity contribution in [2.24, 2.45) is 5.92 Å². The van der Waals surface area contributed by atoms with Gasteiger partial charge in [0, 0.05) is 18.7 Å². The van der Waals surface area contributed by atoms with Gasteiger partial charge in [-0.25, -0.2) is 13.1 Å². The molecule has 7 nitrogen and oxygen atoms in total. The van der Waals surface area contributed by atoms with Crippen LogP contribution in [0.25, 0.3) is 0 Å². The summed E-state index contributed by atoms with van der Waals surface area (Å²) in [6, 6.07) is 3.73. The Hall–Kier alpha value is -1.67. The van der Waals surface area contributed by atoms with Crippen molar-refractivity contribution in [3.8, 4) is 0 Å². The molecule has 0 saturated heterocycles. The fraction of sp³-hybridized carbons (Fsp3) is 0.538. The lowest BCUT2D eigenvalue weighted by molar-refractivity contribution is -0.384. The van der Waals surface area contributed by atoms with Crippen molar-refractivity contribution >= 4 is 21.4 Å². The molecule has 1 aromatic carbocycles. The van der Waals surface area contributed by atoms with E-state index < -0.39 is 20.5 Å². The standard InChI is InChI=1S/C13H19N3O4S/c1-13(2,9-4-5-9)15-21(19,20)10-6-7-12(16(17)18)11(8-10)14-3/h6-9,14-15H,4-5H2,1-3H3. The molecule has 21 heavy (non-hydrogen) atoms. The second-order valence-corrected chi connectivity index (χ2v) is 7.47. The Bertz CT molecular complexity index is 666. The van der Waals surface area contributed by atoms with Gasteiger partial charge in [0.05, 0.1) is 9.82 Å². The first-order chi connectivity index (χ1) is 9.67. The summed E-state index contributed by atoms with van der Waals surface area (Å²) in [5, 5.41) is 13.5. The van der Waals surface area contributed by atoms with Gasteiger partial charge in [-0.3, -0.25) is 10.1 Å². The molecule has 0 aliphatic heterocycles. The van der Waals surface area contributed by atoms with Crippen LogP contribution in [-0.4, -0.2) is 25.9 Å². The molecule has 0 heterocycles. The van der Waals surface area contributed by atoms with Crippen LogP contribution in [0, 0.1) is 16.0 Å². The Morgan fingerprint density at radius 2 is 1.95 bits per heavy atom. The van der Waals surface area contributed by atoms with Crippen LogP contribution in [0.4, 0.5) is 11.4 Å². The van der Waals surface area contributed by atoms with Crippen LogP contribution in [0.2, 0.25) is 0 Å². The molecule has 0 atom stereocenters. The number of nitro benzene ring substituents is 1. The highest BCUT2D eigenvalue weighted by atomic mass is 32.2. The highest BCUT2D eigenvalue weighted by Gasteiger charge is 2.40. The number of benzene rings is 1. The Balaban J connectivity index is 2.34. The average Bonchev–Trinajstić information content (AvgIpc) is 3.21. The molecule has 1 saturated carbocycles. The molecule has 2 rings (SSSR count). The van der Waals surface area contributed by atoms with E-state index in [-0.39, 0.29) is 16.3 Å². The van der Waals surface area contributed by atoms with Crippen LogP contribution in [0.1, 0.15) is 26.7 Å².